The second-order valence-corrected chi connectivity index (χ2v) is 6.57. The molecule has 136 valence electrons. The minimum absolute atomic E-state index is 0.0319. The van der Waals surface area contributed by atoms with Gasteiger partial charge in [-0.1, -0.05) is 36.8 Å². The average molecular weight is 355 g/mol. The molecule has 1 saturated carbocycles. The monoisotopic (exact) mass is 355 g/mol. The lowest BCUT2D eigenvalue weighted by molar-refractivity contribution is -0.148. The highest BCUT2D eigenvalue weighted by molar-refractivity contribution is 6.00. The first kappa shape index (κ1) is 18.1. The molecular formula is C21H22FNO3. The molecule has 0 aromatic heterocycles. The van der Waals surface area contributed by atoms with Crippen LogP contribution in [0.4, 0.5) is 10.1 Å². The Morgan fingerprint density at radius 3 is 2.38 bits per heavy atom. The second kappa shape index (κ2) is 7.68. The summed E-state index contributed by atoms with van der Waals surface area (Å²) < 4.78 is 18.7. The molecule has 0 bridgehead atoms. The van der Waals surface area contributed by atoms with Crippen LogP contribution in [0.2, 0.25) is 0 Å². The number of carbonyl (C=O) groups is 2. The quantitative estimate of drug-likeness (QED) is 0.495. The van der Waals surface area contributed by atoms with Gasteiger partial charge in [-0.3, -0.25) is 9.59 Å². The van der Waals surface area contributed by atoms with Crippen LogP contribution in [0, 0.1) is 17.7 Å². The van der Waals surface area contributed by atoms with Crippen LogP contribution in [0.5, 0.6) is 0 Å². The fourth-order valence-corrected chi connectivity index (χ4v) is 3.55. The molecule has 1 aliphatic rings. The van der Waals surface area contributed by atoms with Gasteiger partial charge in [0.15, 0.2) is 5.78 Å². The number of rotatable bonds is 5. The summed E-state index contributed by atoms with van der Waals surface area (Å²) in [4.78, 5) is 24.9. The fraction of sp³-hybridized carbons (Fsp3) is 0.333. The standard InChI is InChI=1S/C21H22FNO3/c1-2-26-21(25)17-5-3-4-16(17)20(24)14-8-6-13(7-9-14)15-10-11-19(23)18(22)12-15/h6-12,16-17H,2-5,23H2,1H3/t16-,17-/m0/s1. The molecule has 5 heteroatoms. The van der Waals surface area contributed by atoms with Crippen molar-refractivity contribution in [1.29, 1.82) is 0 Å². The van der Waals surface area contributed by atoms with Gasteiger partial charge in [0.2, 0.25) is 0 Å². The highest BCUT2D eigenvalue weighted by Gasteiger charge is 2.38. The van der Waals surface area contributed by atoms with Crippen LogP contribution in [0.15, 0.2) is 42.5 Å². The third-order valence-electron chi connectivity index (χ3n) is 4.95. The maximum Gasteiger partial charge on any atom is 0.309 e. The van der Waals surface area contributed by atoms with Crippen LogP contribution >= 0.6 is 0 Å². The van der Waals surface area contributed by atoms with E-state index in [4.69, 9.17) is 10.5 Å². The Morgan fingerprint density at radius 2 is 1.73 bits per heavy atom. The summed E-state index contributed by atoms with van der Waals surface area (Å²) in [5, 5.41) is 0. The molecule has 0 unspecified atom stereocenters. The maximum atomic E-state index is 13.6. The number of esters is 1. The molecule has 2 aromatic carbocycles. The largest absolute Gasteiger partial charge is 0.466 e. The number of ether oxygens (including phenoxy) is 1. The zero-order chi connectivity index (χ0) is 18.7. The minimum Gasteiger partial charge on any atom is -0.466 e. The van der Waals surface area contributed by atoms with Crippen molar-refractivity contribution < 1.29 is 18.7 Å². The Hall–Kier alpha value is -2.69. The molecule has 0 radical (unpaired) electrons. The van der Waals surface area contributed by atoms with Crippen molar-refractivity contribution in [2.75, 3.05) is 12.3 Å². The number of carbonyl (C=O) groups excluding carboxylic acids is 2. The molecule has 1 fully saturated rings. The number of nitrogen functional groups attached to an aromatic ring is 1. The first-order valence-electron chi connectivity index (χ1n) is 8.87. The van der Waals surface area contributed by atoms with E-state index in [1.54, 1.807) is 37.3 Å². The van der Waals surface area contributed by atoms with E-state index < -0.39 is 5.82 Å². The second-order valence-electron chi connectivity index (χ2n) is 6.57. The number of hydrogen-bond donors (Lipinski definition) is 1. The van der Waals surface area contributed by atoms with Crippen molar-refractivity contribution in [2.45, 2.75) is 26.2 Å². The molecule has 2 atom stereocenters. The first-order chi connectivity index (χ1) is 12.5. The number of hydrogen-bond acceptors (Lipinski definition) is 4. The van der Waals surface area contributed by atoms with E-state index in [0.29, 0.717) is 30.6 Å². The maximum absolute atomic E-state index is 13.6. The summed E-state index contributed by atoms with van der Waals surface area (Å²) in [5.41, 5.74) is 7.66. The van der Waals surface area contributed by atoms with Gasteiger partial charge < -0.3 is 10.5 Å². The molecule has 0 heterocycles. The Kier molecular flexibility index (Phi) is 5.35. The number of anilines is 1. The lowest BCUT2D eigenvalue weighted by Gasteiger charge is -2.17. The van der Waals surface area contributed by atoms with Crippen molar-refractivity contribution in [2.24, 2.45) is 11.8 Å². The summed E-state index contributed by atoms with van der Waals surface area (Å²) in [5.74, 6) is -1.46. The van der Waals surface area contributed by atoms with Gasteiger partial charge in [-0.15, -0.1) is 0 Å². The normalized spacial score (nSPS) is 19.3. The van der Waals surface area contributed by atoms with E-state index in [2.05, 4.69) is 0 Å². The molecule has 26 heavy (non-hydrogen) atoms. The van der Waals surface area contributed by atoms with Gasteiger partial charge in [0.05, 0.1) is 18.2 Å². The Labute approximate surface area is 152 Å². The summed E-state index contributed by atoms with van der Waals surface area (Å²) in [6, 6.07) is 11.7. The topological polar surface area (TPSA) is 69.4 Å². The zero-order valence-electron chi connectivity index (χ0n) is 14.7. The third kappa shape index (κ3) is 3.62. The Balaban J connectivity index is 1.78. The van der Waals surface area contributed by atoms with Crippen LogP contribution in [0.3, 0.4) is 0 Å². The van der Waals surface area contributed by atoms with Crippen LogP contribution in [0.1, 0.15) is 36.5 Å². The Bertz CT molecular complexity index is 817. The third-order valence-corrected chi connectivity index (χ3v) is 4.95. The smallest absolute Gasteiger partial charge is 0.309 e. The number of halogens is 1. The number of Topliss-reactive ketones (excluding diaryl/α,β-unsaturated/α-hetero) is 1. The number of benzene rings is 2. The van der Waals surface area contributed by atoms with E-state index in [-0.39, 0.29) is 29.3 Å². The predicted octanol–water partition coefficient (Wildman–Crippen LogP) is 4.24. The summed E-state index contributed by atoms with van der Waals surface area (Å²) in [7, 11) is 0. The summed E-state index contributed by atoms with van der Waals surface area (Å²) >= 11 is 0. The molecule has 0 spiro atoms. The molecule has 2 N–H and O–H groups in total. The summed E-state index contributed by atoms with van der Waals surface area (Å²) in [6.07, 6.45) is 2.24. The van der Waals surface area contributed by atoms with E-state index in [1.807, 2.05) is 0 Å². The Morgan fingerprint density at radius 1 is 1.08 bits per heavy atom. The molecule has 2 aromatic rings. The highest BCUT2D eigenvalue weighted by Crippen LogP contribution is 2.35. The predicted molar refractivity (Wildman–Crippen MR) is 98.0 cm³/mol. The molecule has 0 amide bonds. The van der Waals surface area contributed by atoms with E-state index in [9.17, 15) is 14.0 Å². The number of ketones is 1. The lowest BCUT2D eigenvalue weighted by atomic mass is 9.88. The van der Waals surface area contributed by atoms with Crippen molar-refractivity contribution in [1.82, 2.24) is 0 Å². The van der Waals surface area contributed by atoms with Gasteiger partial charge in [-0.25, -0.2) is 4.39 Å². The molecule has 0 saturated heterocycles. The van der Waals surface area contributed by atoms with Gasteiger partial charge >= 0.3 is 5.97 Å². The van der Waals surface area contributed by atoms with Gasteiger partial charge in [-0.05, 0) is 43.0 Å². The molecule has 1 aliphatic carbocycles. The van der Waals surface area contributed by atoms with Gasteiger partial charge in [0.1, 0.15) is 5.82 Å². The van der Waals surface area contributed by atoms with Crippen LogP contribution in [0.25, 0.3) is 11.1 Å². The van der Waals surface area contributed by atoms with Crippen LogP contribution < -0.4 is 5.73 Å². The molecular weight excluding hydrogens is 333 g/mol. The van der Waals surface area contributed by atoms with Crippen molar-refractivity contribution in [3.63, 3.8) is 0 Å². The van der Waals surface area contributed by atoms with E-state index in [0.717, 1.165) is 12.0 Å². The lowest BCUT2D eigenvalue weighted by Crippen LogP contribution is -2.27. The van der Waals surface area contributed by atoms with Gasteiger partial charge in [-0.2, -0.15) is 0 Å². The van der Waals surface area contributed by atoms with E-state index >= 15 is 0 Å². The van der Waals surface area contributed by atoms with Crippen molar-refractivity contribution >= 4 is 17.4 Å². The molecule has 3 rings (SSSR count). The van der Waals surface area contributed by atoms with Gasteiger partial charge in [0.25, 0.3) is 0 Å². The molecule has 4 nitrogen and oxygen atoms in total. The fourth-order valence-electron chi connectivity index (χ4n) is 3.55. The van der Waals surface area contributed by atoms with E-state index in [1.165, 1.54) is 12.1 Å². The van der Waals surface area contributed by atoms with Crippen molar-refractivity contribution in [3.05, 3.63) is 53.8 Å². The van der Waals surface area contributed by atoms with Crippen LogP contribution in [-0.4, -0.2) is 18.4 Å². The van der Waals surface area contributed by atoms with Crippen molar-refractivity contribution in [3.8, 4) is 11.1 Å². The highest BCUT2D eigenvalue weighted by atomic mass is 19.1. The first-order valence-corrected chi connectivity index (χ1v) is 8.87. The zero-order valence-corrected chi connectivity index (χ0v) is 14.7. The van der Waals surface area contributed by atoms with Gasteiger partial charge in [0, 0.05) is 11.5 Å². The molecule has 0 aliphatic heterocycles. The minimum atomic E-state index is -0.467. The average Bonchev–Trinajstić information content (AvgIpc) is 3.14. The SMILES string of the molecule is CCOC(=O)[C@H]1CCC[C@@H]1C(=O)c1ccc(-c2ccc(N)c(F)c2)cc1. The summed E-state index contributed by atoms with van der Waals surface area (Å²) in [6.45, 7) is 2.09. The number of nitrogens with two attached hydrogens (primary N) is 1. The van der Waals surface area contributed by atoms with Crippen LogP contribution in [-0.2, 0) is 9.53 Å².